The molecule has 1 aliphatic heterocycles. The van der Waals surface area contributed by atoms with Gasteiger partial charge in [0, 0.05) is 31.6 Å². The number of carbonyl (C=O) groups excluding carboxylic acids is 1. The number of hydrogen-bond donors (Lipinski definition) is 1. The zero-order chi connectivity index (χ0) is 10.1. The van der Waals surface area contributed by atoms with Gasteiger partial charge in [-0.05, 0) is 12.1 Å². The van der Waals surface area contributed by atoms with E-state index in [0.29, 0.717) is 12.2 Å². The molecular formula is C10H13N3O. The normalized spacial score (nSPS) is 21.6. The fourth-order valence-corrected chi connectivity index (χ4v) is 1.76. The molecule has 74 valence electrons. The highest BCUT2D eigenvalue weighted by Crippen LogP contribution is 2.25. The predicted molar refractivity (Wildman–Crippen MR) is 53.6 cm³/mol. The SMILES string of the molecule is CN1CC(c2cccc(N)n2)CC1=O. The molecule has 1 saturated heterocycles. The molecular weight excluding hydrogens is 178 g/mol. The Kier molecular flexibility index (Phi) is 2.11. The molecule has 1 aromatic heterocycles. The Morgan fingerprint density at radius 3 is 2.93 bits per heavy atom. The van der Waals surface area contributed by atoms with Crippen LogP contribution in [-0.2, 0) is 4.79 Å². The van der Waals surface area contributed by atoms with Gasteiger partial charge in [0.2, 0.25) is 5.91 Å². The molecule has 0 bridgehead atoms. The summed E-state index contributed by atoms with van der Waals surface area (Å²) in [6.07, 6.45) is 0.549. The third-order valence-electron chi connectivity index (χ3n) is 2.55. The van der Waals surface area contributed by atoms with Crippen molar-refractivity contribution in [3.8, 4) is 0 Å². The first-order chi connectivity index (χ1) is 6.66. The first kappa shape index (κ1) is 8.99. The summed E-state index contributed by atoms with van der Waals surface area (Å²) < 4.78 is 0. The van der Waals surface area contributed by atoms with Crippen LogP contribution in [0.3, 0.4) is 0 Å². The molecule has 2 N–H and O–H groups in total. The highest BCUT2D eigenvalue weighted by Gasteiger charge is 2.28. The van der Waals surface area contributed by atoms with Crippen LogP contribution in [0.1, 0.15) is 18.0 Å². The Labute approximate surface area is 82.7 Å². The fourth-order valence-electron chi connectivity index (χ4n) is 1.76. The van der Waals surface area contributed by atoms with Gasteiger partial charge in [0.1, 0.15) is 5.82 Å². The van der Waals surface area contributed by atoms with E-state index in [9.17, 15) is 4.79 Å². The lowest BCUT2D eigenvalue weighted by atomic mass is 10.0. The van der Waals surface area contributed by atoms with Gasteiger partial charge in [0.25, 0.3) is 0 Å². The van der Waals surface area contributed by atoms with Gasteiger partial charge in [0.15, 0.2) is 0 Å². The molecule has 2 rings (SSSR count). The summed E-state index contributed by atoms with van der Waals surface area (Å²) in [6, 6.07) is 5.55. The molecule has 1 unspecified atom stereocenters. The van der Waals surface area contributed by atoms with Crippen LogP contribution >= 0.6 is 0 Å². The minimum atomic E-state index is 0.180. The maximum Gasteiger partial charge on any atom is 0.223 e. The number of hydrogen-bond acceptors (Lipinski definition) is 3. The summed E-state index contributed by atoms with van der Waals surface area (Å²) in [5.41, 5.74) is 6.51. The second kappa shape index (κ2) is 3.29. The Morgan fingerprint density at radius 1 is 1.57 bits per heavy atom. The number of nitrogen functional groups attached to an aromatic ring is 1. The molecule has 0 radical (unpaired) electrons. The molecule has 0 aromatic carbocycles. The van der Waals surface area contributed by atoms with E-state index in [1.165, 1.54) is 0 Å². The standard InChI is InChI=1S/C10H13N3O/c1-13-6-7(5-10(13)14)8-3-2-4-9(11)12-8/h2-4,7H,5-6H2,1H3,(H2,11,12). The number of likely N-dealkylation sites (tertiary alicyclic amines) is 1. The summed E-state index contributed by atoms with van der Waals surface area (Å²) in [7, 11) is 1.81. The van der Waals surface area contributed by atoms with Gasteiger partial charge in [-0.15, -0.1) is 0 Å². The topological polar surface area (TPSA) is 59.2 Å². The van der Waals surface area contributed by atoms with Crippen molar-refractivity contribution < 1.29 is 4.79 Å². The van der Waals surface area contributed by atoms with Gasteiger partial charge < -0.3 is 10.6 Å². The van der Waals surface area contributed by atoms with Crippen LogP contribution in [0.4, 0.5) is 5.82 Å². The number of rotatable bonds is 1. The van der Waals surface area contributed by atoms with E-state index in [2.05, 4.69) is 4.98 Å². The van der Waals surface area contributed by atoms with Crippen molar-refractivity contribution in [2.45, 2.75) is 12.3 Å². The van der Waals surface area contributed by atoms with Crippen LogP contribution < -0.4 is 5.73 Å². The summed E-state index contributed by atoms with van der Waals surface area (Å²) in [6.45, 7) is 0.745. The van der Waals surface area contributed by atoms with Crippen LogP contribution in [0.5, 0.6) is 0 Å². The van der Waals surface area contributed by atoms with E-state index in [1.54, 1.807) is 11.0 Å². The van der Waals surface area contributed by atoms with Crippen LogP contribution in [0, 0.1) is 0 Å². The van der Waals surface area contributed by atoms with Crippen molar-refractivity contribution in [2.75, 3.05) is 19.3 Å². The summed E-state index contributed by atoms with van der Waals surface area (Å²) in [4.78, 5) is 17.3. The van der Waals surface area contributed by atoms with E-state index < -0.39 is 0 Å². The Balaban J connectivity index is 2.21. The van der Waals surface area contributed by atoms with Gasteiger partial charge >= 0.3 is 0 Å². The third kappa shape index (κ3) is 1.55. The van der Waals surface area contributed by atoms with E-state index in [0.717, 1.165) is 12.2 Å². The largest absolute Gasteiger partial charge is 0.384 e. The number of likely N-dealkylation sites (N-methyl/N-ethyl adjacent to an activating group) is 1. The highest BCUT2D eigenvalue weighted by molar-refractivity contribution is 5.79. The van der Waals surface area contributed by atoms with Gasteiger partial charge in [-0.2, -0.15) is 0 Å². The van der Waals surface area contributed by atoms with Crippen LogP contribution in [0.15, 0.2) is 18.2 Å². The molecule has 4 nitrogen and oxygen atoms in total. The number of pyridine rings is 1. The minimum Gasteiger partial charge on any atom is -0.384 e. The monoisotopic (exact) mass is 191 g/mol. The third-order valence-corrected chi connectivity index (χ3v) is 2.55. The Morgan fingerprint density at radius 2 is 2.36 bits per heavy atom. The number of nitrogens with zero attached hydrogens (tertiary/aromatic N) is 2. The van der Waals surface area contributed by atoms with E-state index in [1.807, 2.05) is 19.2 Å². The predicted octanol–water partition coefficient (Wildman–Crippen LogP) is 0.610. The molecule has 1 aliphatic rings. The van der Waals surface area contributed by atoms with Crippen molar-refractivity contribution in [1.29, 1.82) is 0 Å². The molecule has 2 heterocycles. The zero-order valence-electron chi connectivity index (χ0n) is 8.10. The van der Waals surface area contributed by atoms with Gasteiger partial charge in [0.05, 0.1) is 0 Å². The Hall–Kier alpha value is -1.58. The molecule has 0 spiro atoms. The molecule has 0 saturated carbocycles. The minimum absolute atomic E-state index is 0.180. The number of anilines is 1. The quantitative estimate of drug-likeness (QED) is 0.707. The lowest BCUT2D eigenvalue weighted by molar-refractivity contribution is -0.126. The smallest absolute Gasteiger partial charge is 0.223 e. The molecule has 1 atom stereocenters. The van der Waals surface area contributed by atoms with E-state index in [4.69, 9.17) is 5.73 Å². The Bertz CT molecular complexity index is 364. The van der Waals surface area contributed by atoms with Crippen molar-refractivity contribution in [1.82, 2.24) is 9.88 Å². The maximum absolute atomic E-state index is 11.3. The van der Waals surface area contributed by atoms with Gasteiger partial charge in [-0.3, -0.25) is 4.79 Å². The van der Waals surface area contributed by atoms with Crippen LogP contribution in [-0.4, -0.2) is 29.4 Å². The highest BCUT2D eigenvalue weighted by atomic mass is 16.2. The van der Waals surface area contributed by atoms with Gasteiger partial charge in [-0.25, -0.2) is 4.98 Å². The summed E-state index contributed by atoms with van der Waals surface area (Å²) in [5, 5.41) is 0. The van der Waals surface area contributed by atoms with Crippen LogP contribution in [0.25, 0.3) is 0 Å². The molecule has 1 amide bonds. The number of carbonyl (C=O) groups is 1. The number of amides is 1. The molecule has 14 heavy (non-hydrogen) atoms. The van der Waals surface area contributed by atoms with E-state index >= 15 is 0 Å². The average molecular weight is 191 g/mol. The second-order valence-electron chi connectivity index (χ2n) is 3.66. The lowest BCUT2D eigenvalue weighted by Crippen LogP contribution is -2.18. The lowest BCUT2D eigenvalue weighted by Gasteiger charge is -2.09. The molecule has 1 fully saturated rings. The van der Waals surface area contributed by atoms with Crippen molar-refractivity contribution in [2.24, 2.45) is 0 Å². The summed E-state index contributed by atoms with van der Waals surface area (Å²) in [5.74, 6) is 0.903. The van der Waals surface area contributed by atoms with Gasteiger partial charge in [-0.1, -0.05) is 6.07 Å². The van der Waals surface area contributed by atoms with E-state index in [-0.39, 0.29) is 11.8 Å². The average Bonchev–Trinajstić information content (AvgIpc) is 2.47. The maximum atomic E-state index is 11.3. The molecule has 4 heteroatoms. The molecule has 0 aliphatic carbocycles. The fraction of sp³-hybridized carbons (Fsp3) is 0.400. The molecule has 1 aromatic rings. The first-order valence-corrected chi connectivity index (χ1v) is 4.63. The second-order valence-corrected chi connectivity index (χ2v) is 3.66. The zero-order valence-corrected chi connectivity index (χ0v) is 8.10. The van der Waals surface area contributed by atoms with Crippen LogP contribution in [0.2, 0.25) is 0 Å². The van der Waals surface area contributed by atoms with Crippen molar-refractivity contribution in [3.63, 3.8) is 0 Å². The summed E-state index contributed by atoms with van der Waals surface area (Å²) >= 11 is 0. The number of aromatic nitrogens is 1. The first-order valence-electron chi connectivity index (χ1n) is 4.63. The van der Waals surface area contributed by atoms with Crippen molar-refractivity contribution in [3.05, 3.63) is 23.9 Å². The number of nitrogens with two attached hydrogens (primary N) is 1. The van der Waals surface area contributed by atoms with Crippen molar-refractivity contribution >= 4 is 11.7 Å².